The Morgan fingerprint density at radius 2 is 2.08 bits per heavy atom. The summed E-state index contributed by atoms with van der Waals surface area (Å²) in [6, 6.07) is 0. The third kappa shape index (κ3) is 3.57. The van der Waals surface area contributed by atoms with Crippen LogP contribution in [0.4, 0.5) is 4.79 Å². The van der Waals surface area contributed by atoms with Crippen LogP contribution in [0.15, 0.2) is 11.8 Å². The molecule has 6 nitrogen and oxygen atoms in total. The van der Waals surface area contributed by atoms with Gasteiger partial charge in [0, 0.05) is 7.05 Å². The molecule has 0 aromatic rings. The lowest BCUT2D eigenvalue weighted by Crippen LogP contribution is -2.34. The molecule has 0 aromatic carbocycles. The number of rotatable bonds is 3. The molecule has 0 bridgehead atoms. The highest BCUT2D eigenvalue weighted by Crippen LogP contribution is 1.96. The van der Waals surface area contributed by atoms with Gasteiger partial charge in [-0.1, -0.05) is 6.08 Å². The van der Waals surface area contributed by atoms with Crippen LogP contribution in [0.1, 0.15) is 6.92 Å². The average molecular weight is 188 g/mol. The lowest BCUT2D eigenvalue weighted by Gasteiger charge is -2.14. The number of nitrogens with zero attached hydrogens (tertiary/aromatic N) is 1. The van der Waals surface area contributed by atoms with E-state index in [4.69, 9.17) is 5.11 Å². The highest BCUT2D eigenvalue weighted by atomic mass is 16.7. The van der Waals surface area contributed by atoms with Crippen LogP contribution in [0.3, 0.4) is 0 Å². The Kier molecular flexibility index (Phi) is 4.53. The van der Waals surface area contributed by atoms with E-state index in [1.807, 2.05) is 5.32 Å². The van der Waals surface area contributed by atoms with Crippen LogP contribution >= 0.6 is 0 Å². The highest BCUT2D eigenvalue weighted by Gasteiger charge is 2.15. The van der Waals surface area contributed by atoms with E-state index in [2.05, 4.69) is 4.84 Å². The number of amides is 2. The molecule has 0 aliphatic rings. The molecule has 0 rings (SSSR count). The number of carbonyl (C=O) groups excluding carboxylic acids is 1. The number of allylic oxidation sites excluding steroid dienone is 1. The standard InChI is InChI=1S/C7H12N2O4/c1-4-5(8-7(11)12)6(10)9(2)13-3/h4,8H,1-3H3,(H,11,12)/b5-4-. The van der Waals surface area contributed by atoms with Crippen molar-refractivity contribution in [3.63, 3.8) is 0 Å². The molecule has 0 saturated carbocycles. The summed E-state index contributed by atoms with van der Waals surface area (Å²) in [5.74, 6) is -0.549. The first kappa shape index (κ1) is 11.4. The summed E-state index contributed by atoms with van der Waals surface area (Å²) in [7, 11) is 2.70. The Hall–Kier alpha value is -1.56. The molecule has 0 aliphatic carbocycles. The van der Waals surface area contributed by atoms with Crippen LogP contribution in [-0.2, 0) is 9.63 Å². The van der Waals surface area contributed by atoms with Crippen molar-refractivity contribution in [1.82, 2.24) is 10.4 Å². The number of hydrogen-bond donors (Lipinski definition) is 2. The molecule has 0 spiro atoms. The van der Waals surface area contributed by atoms with Gasteiger partial charge in [0.15, 0.2) is 0 Å². The van der Waals surface area contributed by atoms with Crippen molar-refractivity contribution in [3.05, 3.63) is 11.8 Å². The summed E-state index contributed by atoms with van der Waals surface area (Å²) in [5.41, 5.74) is -0.0446. The van der Waals surface area contributed by atoms with Gasteiger partial charge in [-0.3, -0.25) is 14.9 Å². The number of nitrogens with one attached hydrogen (secondary N) is 1. The van der Waals surface area contributed by atoms with Gasteiger partial charge in [-0.15, -0.1) is 0 Å². The Labute approximate surface area is 75.7 Å². The highest BCUT2D eigenvalue weighted by molar-refractivity contribution is 5.95. The van der Waals surface area contributed by atoms with Gasteiger partial charge in [-0.05, 0) is 6.92 Å². The maximum absolute atomic E-state index is 11.2. The summed E-state index contributed by atoms with van der Waals surface area (Å²) in [6.07, 6.45) is 0.0670. The van der Waals surface area contributed by atoms with Gasteiger partial charge in [-0.25, -0.2) is 9.86 Å². The molecule has 0 unspecified atom stereocenters. The summed E-state index contributed by atoms with van der Waals surface area (Å²) in [4.78, 5) is 26.1. The van der Waals surface area contributed by atoms with Crippen molar-refractivity contribution >= 4 is 12.0 Å². The van der Waals surface area contributed by atoms with Gasteiger partial charge in [0.2, 0.25) is 0 Å². The van der Waals surface area contributed by atoms with E-state index in [9.17, 15) is 9.59 Å². The first-order chi connectivity index (χ1) is 6.02. The average Bonchev–Trinajstić information content (AvgIpc) is 2.11. The second-order valence-electron chi connectivity index (χ2n) is 2.12. The van der Waals surface area contributed by atoms with Crippen LogP contribution < -0.4 is 5.32 Å². The monoisotopic (exact) mass is 188 g/mol. The van der Waals surface area contributed by atoms with Gasteiger partial charge in [0.25, 0.3) is 5.91 Å². The second kappa shape index (κ2) is 5.15. The molecule has 0 saturated heterocycles. The van der Waals surface area contributed by atoms with Crippen molar-refractivity contribution in [2.75, 3.05) is 14.2 Å². The van der Waals surface area contributed by atoms with Gasteiger partial charge in [0.1, 0.15) is 5.70 Å². The minimum Gasteiger partial charge on any atom is -0.465 e. The summed E-state index contributed by atoms with van der Waals surface area (Å²) < 4.78 is 0. The molecule has 6 heteroatoms. The van der Waals surface area contributed by atoms with Gasteiger partial charge < -0.3 is 5.11 Å². The predicted molar refractivity (Wildman–Crippen MR) is 44.7 cm³/mol. The first-order valence-corrected chi connectivity index (χ1v) is 3.51. The molecule has 0 atom stereocenters. The van der Waals surface area contributed by atoms with Crippen LogP contribution in [0.2, 0.25) is 0 Å². The molecule has 2 N–H and O–H groups in total. The van der Waals surface area contributed by atoms with Crippen LogP contribution in [-0.4, -0.2) is 36.3 Å². The molecule has 13 heavy (non-hydrogen) atoms. The minimum absolute atomic E-state index is 0.0446. The van der Waals surface area contributed by atoms with Crippen LogP contribution in [0, 0.1) is 0 Å². The molecule has 0 heterocycles. The smallest absolute Gasteiger partial charge is 0.409 e. The SMILES string of the molecule is C/C=C(\NC(=O)O)C(=O)N(C)OC. The molecule has 74 valence electrons. The summed E-state index contributed by atoms with van der Waals surface area (Å²) >= 11 is 0. The van der Waals surface area contributed by atoms with Crippen LogP contribution in [0.25, 0.3) is 0 Å². The molecular weight excluding hydrogens is 176 g/mol. The van der Waals surface area contributed by atoms with E-state index in [0.717, 1.165) is 5.06 Å². The number of hydrogen-bond acceptors (Lipinski definition) is 3. The Morgan fingerprint density at radius 1 is 1.54 bits per heavy atom. The third-order valence-electron chi connectivity index (χ3n) is 1.32. The second-order valence-corrected chi connectivity index (χ2v) is 2.12. The Bertz CT molecular complexity index is 237. The van der Waals surface area contributed by atoms with E-state index >= 15 is 0 Å². The third-order valence-corrected chi connectivity index (χ3v) is 1.32. The maximum atomic E-state index is 11.2. The topological polar surface area (TPSA) is 78.9 Å². The van der Waals surface area contributed by atoms with Crippen molar-refractivity contribution < 1.29 is 19.5 Å². The fraction of sp³-hybridized carbons (Fsp3) is 0.429. The van der Waals surface area contributed by atoms with Crippen molar-refractivity contribution in [3.8, 4) is 0 Å². The molecule has 2 amide bonds. The fourth-order valence-corrected chi connectivity index (χ4v) is 0.617. The fourth-order valence-electron chi connectivity index (χ4n) is 0.617. The minimum atomic E-state index is -1.29. The lowest BCUT2D eigenvalue weighted by atomic mass is 10.4. The van der Waals surface area contributed by atoms with E-state index in [1.54, 1.807) is 6.92 Å². The number of likely N-dealkylation sites (N-methyl/N-ethyl adjacent to an activating group) is 1. The molecule has 0 aromatic heterocycles. The van der Waals surface area contributed by atoms with Gasteiger partial charge in [-0.2, -0.15) is 0 Å². The van der Waals surface area contributed by atoms with E-state index in [-0.39, 0.29) is 5.70 Å². The largest absolute Gasteiger partial charge is 0.465 e. The van der Waals surface area contributed by atoms with E-state index < -0.39 is 12.0 Å². The van der Waals surface area contributed by atoms with Crippen molar-refractivity contribution in [2.24, 2.45) is 0 Å². The molecular formula is C7H12N2O4. The zero-order valence-electron chi connectivity index (χ0n) is 7.70. The summed E-state index contributed by atoms with van der Waals surface area (Å²) in [5, 5.41) is 11.2. The molecule has 0 radical (unpaired) electrons. The molecule has 0 fully saturated rings. The lowest BCUT2D eigenvalue weighted by molar-refractivity contribution is -0.164. The quantitative estimate of drug-likeness (QED) is 0.489. The zero-order valence-corrected chi connectivity index (χ0v) is 7.70. The summed E-state index contributed by atoms with van der Waals surface area (Å²) in [6.45, 7) is 1.55. The van der Waals surface area contributed by atoms with Gasteiger partial charge in [0.05, 0.1) is 7.11 Å². The predicted octanol–water partition coefficient (Wildman–Crippen LogP) is 0.178. The van der Waals surface area contributed by atoms with Crippen molar-refractivity contribution in [2.45, 2.75) is 6.92 Å². The Balaban J connectivity index is 4.43. The van der Waals surface area contributed by atoms with Gasteiger partial charge >= 0.3 is 6.09 Å². The first-order valence-electron chi connectivity index (χ1n) is 3.51. The maximum Gasteiger partial charge on any atom is 0.409 e. The number of hydroxylamine groups is 2. The normalized spacial score (nSPS) is 10.8. The molecule has 0 aliphatic heterocycles. The number of carbonyl (C=O) groups is 2. The van der Waals surface area contributed by atoms with E-state index in [1.165, 1.54) is 20.2 Å². The van der Waals surface area contributed by atoms with Crippen molar-refractivity contribution in [1.29, 1.82) is 0 Å². The Morgan fingerprint density at radius 3 is 2.38 bits per heavy atom. The zero-order chi connectivity index (χ0) is 10.4. The number of carboxylic acid groups (broad SMARTS) is 1. The van der Waals surface area contributed by atoms with E-state index in [0.29, 0.717) is 0 Å². The van der Waals surface area contributed by atoms with Crippen LogP contribution in [0.5, 0.6) is 0 Å².